The average molecular weight is 955 g/mol. The molecular formula is C42H53ClN10O6P2S2. The van der Waals surface area contributed by atoms with Gasteiger partial charge in [-0.05, 0) is 141 Å². The normalized spacial score (nSPS) is 11.8. The van der Waals surface area contributed by atoms with Gasteiger partial charge < -0.3 is 30.8 Å². The Hall–Kier alpha value is -5.25. The minimum atomic E-state index is -3.48. The Morgan fingerprint density at radius 2 is 0.968 bits per heavy atom. The van der Waals surface area contributed by atoms with Gasteiger partial charge in [0.25, 0.3) is 0 Å². The number of benzene rings is 4. The number of sulfone groups is 2. The van der Waals surface area contributed by atoms with E-state index in [1.165, 1.54) is 6.07 Å². The summed E-state index contributed by atoms with van der Waals surface area (Å²) in [4.78, 5) is 8.95. The van der Waals surface area contributed by atoms with Crippen LogP contribution in [0.15, 0.2) is 107 Å². The highest BCUT2D eigenvalue weighted by Gasteiger charge is 2.24. The van der Waals surface area contributed by atoms with Crippen LogP contribution in [0.2, 0.25) is 5.15 Å². The van der Waals surface area contributed by atoms with E-state index >= 15 is 0 Å². The molecule has 6 rings (SSSR count). The van der Waals surface area contributed by atoms with E-state index in [1.807, 2.05) is 24.3 Å². The summed E-state index contributed by atoms with van der Waals surface area (Å²) in [6.45, 7) is 17.0. The third-order valence-corrected chi connectivity index (χ3v) is 16.9. The van der Waals surface area contributed by atoms with Gasteiger partial charge in [-0.3, -0.25) is 0 Å². The molecule has 2 aromatic heterocycles. The maximum absolute atomic E-state index is 12.7. The first-order valence-corrected chi connectivity index (χ1v) is 28.1. The predicted molar refractivity (Wildman–Crippen MR) is 257 cm³/mol. The second-order valence-electron chi connectivity index (χ2n) is 15.5. The van der Waals surface area contributed by atoms with Crippen molar-refractivity contribution in [3.63, 3.8) is 0 Å². The number of para-hydroxylation sites is 2. The van der Waals surface area contributed by atoms with Gasteiger partial charge >= 0.3 is 0 Å². The lowest BCUT2D eigenvalue weighted by molar-refractivity contribution is 0.586. The monoisotopic (exact) mass is 954 g/mol. The molecule has 21 heteroatoms. The quantitative estimate of drug-likeness (QED) is 0.0665. The van der Waals surface area contributed by atoms with Crippen molar-refractivity contribution in [1.82, 2.24) is 30.4 Å². The Morgan fingerprint density at radius 3 is 1.41 bits per heavy atom. The van der Waals surface area contributed by atoms with E-state index < -0.39 is 44.5 Å². The first kappa shape index (κ1) is 50.4. The van der Waals surface area contributed by atoms with Crippen molar-refractivity contribution >= 4 is 96.6 Å². The summed E-state index contributed by atoms with van der Waals surface area (Å²) >= 11 is 5.87. The number of hydrogen-bond donors (Lipinski definition) is 4. The van der Waals surface area contributed by atoms with E-state index in [1.54, 1.807) is 135 Å². The molecule has 336 valence electrons. The van der Waals surface area contributed by atoms with E-state index in [0.29, 0.717) is 39.7 Å². The van der Waals surface area contributed by atoms with Gasteiger partial charge in [0.1, 0.15) is 20.0 Å². The van der Waals surface area contributed by atoms with Crippen LogP contribution in [0.3, 0.4) is 0 Å². The number of halogens is 1. The van der Waals surface area contributed by atoms with Crippen LogP contribution in [0, 0.1) is 13.8 Å². The molecule has 63 heavy (non-hydrogen) atoms. The van der Waals surface area contributed by atoms with Crippen LogP contribution in [-0.2, 0) is 28.8 Å². The molecule has 0 unspecified atom stereocenters. The lowest BCUT2D eigenvalue weighted by Crippen LogP contribution is -2.16. The lowest BCUT2D eigenvalue weighted by Gasteiger charge is -2.15. The summed E-state index contributed by atoms with van der Waals surface area (Å²) in [7, 11) is -11.3. The van der Waals surface area contributed by atoms with Gasteiger partial charge in [-0.2, -0.15) is 9.97 Å². The third kappa shape index (κ3) is 13.9. The van der Waals surface area contributed by atoms with Crippen LogP contribution in [0.4, 0.5) is 40.5 Å². The molecule has 0 bridgehead atoms. The Bertz CT molecular complexity index is 2860. The highest BCUT2D eigenvalue weighted by molar-refractivity contribution is 7.92. The highest BCUT2D eigenvalue weighted by Crippen LogP contribution is 2.36. The number of aryl methyl sites for hydroxylation is 2. The first-order valence-electron chi connectivity index (χ1n) is 19.4. The molecule has 0 amide bonds. The Morgan fingerprint density at radius 1 is 0.556 bits per heavy atom. The highest BCUT2D eigenvalue weighted by atomic mass is 35.5. The van der Waals surface area contributed by atoms with Gasteiger partial charge in [-0.15, -0.1) is 20.4 Å². The third-order valence-electron chi connectivity index (χ3n) is 9.06. The van der Waals surface area contributed by atoms with Gasteiger partial charge in [0.05, 0.1) is 37.4 Å². The van der Waals surface area contributed by atoms with Crippen molar-refractivity contribution < 1.29 is 26.0 Å². The first-order chi connectivity index (χ1) is 29.3. The van der Waals surface area contributed by atoms with E-state index in [2.05, 4.69) is 46.3 Å². The predicted octanol–water partition coefficient (Wildman–Crippen LogP) is 8.37. The number of anilines is 7. The Labute approximate surface area is 374 Å². The number of nitrogens with two attached hydrogens (primary N) is 1. The fraction of sp³-hybridized carbons (Fsp3) is 0.286. The zero-order chi connectivity index (χ0) is 46.9. The zero-order valence-electron chi connectivity index (χ0n) is 36.7. The molecule has 0 aliphatic rings. The summed E-state index contributed by atoms with van der Waals surface area (Å²) in [5.74, 6) is 0.980. The minimum absolute atomic E-state index is 0.205. The fourth-order valence-corrected chi connectivity index (χ4v) is 9.45. The number of nitrogen functional groups attached to an aromatic ring is 1. The van der Waals surface area contributed by atoms with Crippen molar-refractivity contribution in [3.8, 4) is 0 Å². The molecule has 16 nitrogen and oxygen atoms in total. The molecule has 6 aromatic rings. The number of nitrogens with zero attached hydrogens (tertiary/aromatic N) is 6. The molecular weight excluding hydrogens is 902 g/mol. The van der Waals surface area contributed by atoms with Crippen molar-refractivity contribution in [2.45, 2.75) is 61.8 Å². The molecule has 0 spiro atoms. The molecule has 0 aliphatic carbocycles. The molecule has 0 saturated carbocycles. The number of rotatable bonds is 12. The standard InChI is InChI=1S/C21H26N5O3PS.C12H14ClN4OP.C9H13NO2S/c1-14(2)31(28,29)19-9-7-6-8-18(19)23-20-15(3)25-26-21(24-20)22-16-10-12-17(13-11-16)30(4,5)27;1-8-11(13)15-12(17-16-8)14-9-4-6-10(7-5-9)19(2,3)18;1-7(2)13(11,12)9-6-4-3-5-8(9)10/h6-14H,1-5H3,(H2,22,23,24,26);4-7H,1-3H3,(H,14,15,17);3-7H,10H2,1-2H3. The van der Waals surface area contributed by atoms with Crippen molar-refractivity contribution in [1.29, 1.82) is 0 Å². The molecule has 0 aliphatic heterocycles. The summed E-state index contributed by atoms with van der Waals surface area (Å²) < 4.78 is 72.8. The van der Waals surface area contributed by atoms with Crippen LogP contribution < -0.4 is 32.3 Å². The molecule has 0 saturated heterocycles. The van der Waals surface area contributed by atoms with Crippen LogP contribution in [0.5, 0.6) is 0 Å². The SMILES string of the molecule is CC(C)S(=O)(=O)c1ccccc1N.Cc1nnc(Nc2ccc(P(C)(C)=O)cc2)nc1Cl.Cc1nnc(Nc2ccc(P(C)(C)=O)cc2)nc1Nc1ccccc1S(=O)(=O)C(C)C. The van der Waals surface area contributed by atoms with E-state index in [4.69, 9.17) is 17.3 Å². The van der Waals surface area contributed by atoms with E-state index in [9.17, 15) is 26.0 Å². The Kier molecular flexibility index (Phi) is 16.8. The van der Waals surface area contributed by atoms with Crippen LogP contribution >= 0.6 is 25.9 Å². The van der Waals surface area contributed by atoms with Gasteiger partial charge in [0, 0.05) is 22.0 Å². The summed E-state index contributed by atoms with van der Waals surface area (Å²) in [5, 5.41) is 26.1. The average Bonchev–Trinajstić information content (AvgIpc) is 3.21. The maximum Gasteiger partial charge on any atom is 0.249 e. The summed E-state index contributed by atoms with van der Waals surface area (Å²) in [6, 6.07) is 27.7. The van der Waals surface area contributed by atoms with E-state index in [0.717, 1.165) is 22.0 Å². The van der Waals surface area contributed by atoms with Crippen molar-refractivity contribution in [3.05, 3.63) is 114 Å². The fourth-order valence-electron chi connectivity index (χ4n) is 5.22. The zero-order valence-corrected chi connectivity index (χ0v) is 40.9. The van der Waals surface area contributed by atoms with Crippen molar-refractivity contribution in [2.75, 3.05) is 48.3 Å². The van der Waals surface area contributed by atoms with E-state index in [-0.39, 0.29) is 15.7 Å². The lowest BCUT2D eigenvalue weighted by atomic mass is 10.3. The number of hydrogen-bond acceptors (Lipinski definition) is 16. The largest absolute Gasteiger partial charge is 0.398 e. The molecule has 0 atom stereocenters. The topological polar surface area (TPSA) is 242 Å². The van der Waals surface area contributed by atoms with Gasteiger partial charge in [-0.25, -0.2) is 16.8 Å². The second-order valence-corrected chi connectivity index (χ2v) is 27.2. The van der Waals surface area contributed by atoms with Gasteiger partial charge in [-0.1, -0.05) is 35.9 Å². The molecule has 4 aromatic carbocycles. The maximum atomic E-state index is 12.7. The number of nitrogens with one attached hydrogen (secondary N) is 3. The van der Waals surface area contributed by atoms with Gasteiger partial charge in [0.2, 0.25) is 11.9 Å². The minimum Gasteiger partial charge on any atom is -0.398 e. The van der Waals surface area contributed by atoms with Gasteiger partial charge in [0.15, 0.2) is 30.6 Å². The smallest absolute Gasteiger partial charge is 0.249 e. The van der Waals surface area contributed by atoms with Crippen LogP contribution in [0.25, 0.3) is 0 Å². The van der Waals surface area contributed by atoms with Crippen LogP contribution in [-0.4, -0.2) is 84.4 Å². The molecule has 2 heterocycles. The summed E-state index contributed by atoms with van der Waals surface area (Å²) in [6.07, 6.45) is 0. The second kappa shape index (κ2) is 21.0. The molecule has 5 N–H and O–H groups in total. The van der Waals surface area contributed by atoms with Crippen molar-refractivity contribution in [2.24, 2.45) is 0 Å². The number of aromatic nitrogens is 6. The van der Waals surface area contributed by atoms with Crippen LogP contribution in [0.1, 0.15) is 39.1 Å². The molecule has 0 radical (unpaired) electrons. The summed E-state index contributed by atoms with van der Waals surface area (Å²) in [5.41, 5.74) is 8.93. The Balaban J connectivity index is 0.000000230. The molecule has 0 fully saturated rings.